The van der Waals surface area contributed by atoms with E-state index in [4.69, 9.17) is 5.26 Å². The van der Waals surface area contributed by atoms with Gasteiger partial charge in [0, 0.05) is 30.1 Å². The molecule has 0 aliphatic carbocycles. The summed E-state index contributed by atoms with van der Waals surface area (Å²) in [4.78, 5) is 27.7. The predicted octanol–water partition coefficient (Wildman–Crippen LogP) is 3.05. The van der Waals surface area contributed by atoms with Gasteiger partial charge in [0.15, 0.2) is 0 Å². The first-order valence-electron chi connectivity index (χ1n) is 10.5. The van der Waals surface area contributed by atoms with E-state index in [9.17, 15) is 18.0 Å². The fraction of sp³-hybridized carbons (Fsp3) is 0.348. The maximum Gasteiger partial charge on any atom is 0.255 e. The van der Waals surface area contributed by atoms with Crippen LogP contribution in [-0.2, 0) is 14.8 Å². The van der Waals surface area contributed by atoms with Gasteiger partial charge in [-0.15, -0.1) is 11.8 Å². The van der Waals surface area contributed by atoms with Crippen LogP contribution in [0.1, 0.15) is 35.3 Å². The Bertz CT molecular complexity index is 1190. The van der Waals surface area contributed by atoms with E-state index in [-0.39, 0.29) is 16.4 Å². The third kappa shape index (κ3) is 5.21. The van der Waals surface area contributed by atoms with Crippen molar-refractivity contribution in [3.8, 4) is 6.07 Å². The second-order valence-electron chi connectivity index (χ2n) is 7.54. The Hall–Kier alpha value is -2.87. The maximum absolute atomic E-state index is 13.3. The molecule has 1 N–H and O–H groups in total. The van der Waals surface area contributed by atoms with Gasteiger partial charge in [0.25, 0.3) is 5.91 Å². The average molecular weight is 487 g/mol. The van der Waals surface area contributed by atoms with Crippen molar-refractivity contribution in [1.29, 1.82) is 5.26 Å². The Balaban J connectivity index is 1.83. The fourth-order valence-corrected chi connectivity index (χ4v) is 6.46. The molecule has 1 aliphatic rings. The molecule has 0 saturated carbocycles. The number of anilines is 1. The summed E-state index contributed by atoms with van der Waals surface area (Å²) in [6.07, 6.45) is 0. The Kier molecular flexibility index (Phi) is 7.79. The SMILES string of the molecule is CCN(CC)S(=O)(=O)c1cc(C(=O)N2CSCC2C(=O)Nc2ccc(C#N)cc2)ccc1C. The van der Waals surface area contributed by atoms with Crippen LogP contribution in [0.5, 0.6) is 0 Å². The number of nitrogens with zero attached hydrogens (tertiary/aromatic N) is 3. The normalized spacial score (nSPS) is 16.0. The molecule has 1 fully saturated rings. The number of nitrogens with one attached hydrogen (secondary N) is 1. The molecule has 0 radical (unpaired) electrons. The van der Waals surface area contributed by atoms with Gasteiger partial charge < -0.3 is 10.2 Å². The minimum Gasteiger partial charge on any atom is -0.324 e. The van der Waals surface area contributed by atoms with Crippen molar-refractivity contribution in [2.24, 2.45) is 0 Å². The van der Waals surface area contributed by atoms with Crippen LogP contribution < -0.4 is 5.32 Å². The molecule has 1 unspecified atom stereocenters. The van der Waals surface area contributed by atoms with E-state index < -0.39 is 22.0 Å². The third-order valence-corrected chi connectivity index (χ3v) is 8.69. The number of carbonyl (C=O) groups excluding carboxylic acids is 2. The molecule has 0 spiro atoms. The highest BCUT2D eigenvalue weighted by molar-refractivity contribution is 7.99. The number of rotatable bonds is 7. The van der Waals surface area contributed by atoms with Crippen molar-refractivity contribution in [3.05, 3.63) is 59.2 Å². The summed E-state index contributed by atoms with van der Waals surface area (Å²) in [5, 5.41) is 11.7. The predicted molar refractivity (Wildman–Crippen MR) is 128 cm³/mol. The first-order valence-corrected chi connectivity index (χ1v) is 13.1. The number of carbonyl (C=O) groups is 2. The van der Waals surface area contributed by atoms with E-state index in [2.05, 4.69) is 5.32 Å². The van der Waals surface area contributed by atoms with Crippen LogP contribution in [0.2, 0.25) is 0 Å². The Morgan fingerprint density at radius 2 is 1.85 bits per heavy atom. The lowest BCUT2D eigenvalue weighted by atomic mass is 10.1. The number of aryl methyl sites for hydroxylation is 1. The smallest absolute Gasteiger partial charge is 0.255 e. The highest BCUT2D eigenvalue weighted by Gasteiger charge is 2.36. The molecular formula is C23H26N4O4S2. The number of sulfonamides is 1. The van der Waals surface area contributed by atoms with Crippen LogP contribution in [0.4, 0.5) is 5.69 Å². The van der Waals surface area contributed by atoms with E-state index in [1.54, 1.807) is 57.2 Å². The van der Waals surface area contributed by atoms with Gasteiger partial charge >= 0.3 is 0 Å². The lowest BCUT2D eigenvalue weighted by Crippen LogP contribution is -2.44. The van der Waals surface area contributed by atoms with Crippen molar-refractivity contribution in [2.45, 2.75) is 31.7 Å². The van der Waals surface area contributed by atoms with Crippen molar-refractivity contribution < 1.29 is 18.0 Å². The van der Waals surface area contributed by atoms with E-state index in [0.717, 1.165) is 0 Å². The first kappa shape index (κ1) is 24.8. The Morgan fingerprint density at radius 3 is 2.45 bits per heavy atom. The Labute approximate surface area is 198 Å². The standard InChI is InChI=1S/C23H26N4O4S2/c1-4-26(5-2)33(30,31)21-12-18(9-6-16(21)3)23(29)27-15-32-14-20(27)22(28)25-19-10-7-17(13-24)8-11-19/h6-12,20H,4-5,14-15H2,1-3H3,(H,25,28). The first-order chi connectivity index (χ1) is 15.7. The molecule has 1 aliphatic heterocycles. The van der Waals surface area contributed by atoms with Gasteiger partial charge in [0.2, 0.25) is 15.9 Å². The van der Waals surface area contributed by atoms with Gasteiger partial charge in [0.05, 0.1) is 22.4 Å². The molecule has 0 aromatic heterocycles. The minimum atomic E-state index is -3.73. The third-order valence-electron chi connectivity index (χ3n) is 5.49. The monoisotopic (exact) mass is 486 g/mol. The lowest BCUT2D eigenvalue weighted by molar-refractivity contribution is -0.119. The maximum atomic E-state index is 13.3. The van der Waals surface area contributed by atoms with Crippen molar-refractivity contribution >= 4 is 39.3 Å². The molecule has 2 aromatic carbocycles. The zero-order chi connectivity index (χ0) is 24.2. The van der Waals surface area contributed by atoms with Crippen LogP contribution in [-0.4, -0.2) is 60.2 Å². The number of thioether (sulfide) groups is 1. The average Bonchev–Trinajstić information content (AvgIpc) is 3.30. The van der Waals surface area contributed by atoms with Crippen molar-refractivity contribution in [2.75, 3.05) is 30.0 Å². The molecule has 8 nitrogen and oxygen atoms in total. The number of nitriles is 1. The van der Waals surface area contributed by atoms with Gasteiger partial charge in [-0.05, 0) is 48.9 Å². The molecule has 174 valence electrons. The van der Waals surface area contributed by atoms with Gasteiger partial charge in [-0.3, -0.25) is 9.59 Å². The summed E-state index contributed by atoms with van der Waals surface area (Å²) in [6, 6.07) is 12.4. The molecular weight excluding hydrogens is 460 g/mol. The van der Waals surface area contributed by atoms with Gasteiger partial charge in [0.1, 0.15) is 6.04 Å². The highest BCUT2D eigenvalue weighted by atomic mass is 32.2. The van der Waals surface area contributed by atoms with Crippen LogP contribution in [0.25, 0.3) is 0 Å². The summed E-state index contributed by atoms with van der Waals surface area (Å²) >= 11 is 1.46. The number of benzene rings is 2. The summed E-state index contributed by atoms with van der Waals surface area (Å²) in [6.45, 7) is 5.89. The molecule has 10 heteroatoms. The Morgan fingerprint density at radius 1 is 1.18 bits per heavy atom. The largest absolute Gasteiger partial charge is 0.324 e. The number of hydrogen-bond acceptors (Lipinski definition) is 6. The minimum absolute atomic E-state index is 0.0995. The number of hydrogen-bond donors (Lipinski definition) is 1. The number of amides is 2. The molecule has 2 aromatic rings. The molecule has 1 atom stereocenters. The molecule has 33 heavy (non-hydrogen) atoms. The summed E-state index contributed by atoms with van der Waals surface area (Å²) in [7, 11) is -3.73. The summed E-state index contributed by atoms with van der Waals surface area (Å²) in [5.41, 5.74) is 1.80. The topological polar surface area (TPSA) is 111 Å². The highest BCUT2D eigenvalue weighted by Crippen LogP contribution is 2.27. The van der Waals surface area contributed by atoms with E-state index in [1.165, 1.54) is 27.0 Å². The molecule has 1 heterocycles. The quantitative estimate of drug-likeness (QED) is 0.644. The van der Waals surface area contributed by atoms with Gasteiger partial charge in [-0.2, -0.15) is 9.57 Å². The van der Waals surface area contributed by atoms with Crippen molar-refractivity contribution in [3.63, 3.8) is 0 Å². The van der Waals surface area contributed by atoms with Gasteiger partial charge in [-0.25, -0.2) is 8.42 Å². The van der Waals surface area contributed by atoms with Crippen LogP contribution in [0.3, 0.4) is 0 Å². The molecule has 2 amide bonds. The van der Waals surface area contributed by atoms with Crippen molar-refractivity contribution in [1.82, 2.24) is 9.21 Å². The van der Waals surface area contributed by atoms with E-state index >= 15 is 0 Å². The summed E-state index contributed by atoms with van der Waals surface area (Å²) in [5.74, 6) is 0.0396. The molecule has 0 bridgehead atoms. The van der Waals surface area contributed by atoms with E-state index in [0.29, 0.717) is 41.5 Å². The molecule has 3 rings (SSSR count). The zero-order valence-electron chi connectivity index (χ0n) is 18.7. The fourth-order valence-electron chi connectivity index (χ4n) is 3.59. The molecule has 1 saturated heterocycles. The van der Waals surface area contributed by atoms with Gasteiger partial charge in [-0.1, -0.05) is 19.9 Å². The lowest BCUT2D eigenvalue weighted by Gasteiger charge is -2.24. The van der Waals surface area contributed by atoms with Crippen LogP contribution in [0.15, 0.2) is 47.4 Å². The van der Waals surface area contributed by atoms with E-state index in [1.807, 2.05) is 6.07 Å². The zero-order valence-corrected chi connectivity index (χ0v) is 20.4. The second kappa shape index (κ2) is 10.4. The van der Waals surface area contributed by atoms with Crippen LogP contribution in [0, 0.1) is 18.3 Å². The summed E-state index contributed by atoms with van der Waals surface area (Å²) < 4.78 is 27.4. The second-order valence-corrected chi connectivity index (χ2v) is 10.4. The van der Waals surface area contributed by atoms with Crippen LogP contribution >= 0.6 is 11.8 Å².